The van der Waals surface area contributed by atoms with Crippen LogP contribution in [0, 0.1) is 19.3 Å². The zero-order chi connectivity index (χ0) is 20.7. The quantitative estimate of drug-likeness (QED) is 0.280. The minimum Gasteiger partial charge on any atom is -0.396 e. The molecule has 1 aromatic carbocycles. The highest BCUT2D eigenvalue weighted by Crippen LogP contribution is 2.31. The third-order valence-corrected chi connectivity index (χ3v) is 5.44. The second-order valence-electron chi connectivity index (χ2n) is 7.79. The van der Waals surface area contributed by atoms with Gasteiger partial charge in [0.15, 0.2) is 5.96 Å². The van der Waals surface area contributed by atoms with Crippen LogP contribution in [0.15, 0.2) is 35.3 Å². The van der Waals surface area contributed by atoms with E-state index in [0.29, 0.717) is 13.2 Å². The Morgan fingerprint density at radius 3 is 2.73 bits per heavy atom. The van der Waals surface area contributed by atoms with E-state index < -0.39 is 0 Å². The summed E-state index contributed by atoms with van der Waals surface area (Å²) in [5, 5.41) is 20.8. The molecule has 0 aliphatic carbocycles. The third kappa shape index (κ3) is 6.18. The van der Waals surface area contributed by atoms with Crippen molar-refractivity contribution in [2.45, 2.75) is 40.2 Å². The molecule has 3 N–H and O–H groups in total. The Bertz CT molecular complexity index is 831. The van der Waals surface area contributed by atoms with Gasteiger partial charge in [0.1, 0.15) is 0 Å². The zero-order valence-corrected chi connectivity index (χ0v) is 20.5. The van der Waals surface area contributed by atoms with Crippen molar-refractivity contribution in [1.82, 2.24) is 20.4 Å². The fourth-order valence-corrected chi connectivity index (χ4v) is 3.81. The van der Waals surface area contributed by atoms with Gasteiger partial charge < -0.3 is 20.5 Å². The van der Waals surface area contributed by atoms with Crippen LogP contribution < -0.4 is 10.6 Å². The zero-order valence-electron chi connectivity index (χ0n) is 18.1. The summed E-state index contributed by atoms with van der Waals surface area (Å²) in [6, 6.07) is 10.3. The predicted octanol–water partition coefficient (Wildman–Crippen LogP) is 2.95. The van der Waals surface area contributed by atoms with E-state index in [9.17, 15) is 5.11 Å². The topological polar surface area (TPSA) is 83.7 Å². The molecule has 1 atom stereocenters. The monoisotopic (exact) mass is 527 g/mol. The number of aliphatic hydroxyl groups excluding tert-OH is 1. The van der Waals surface area contributed by atoms with Gasteiger partial charge in [-0.3, -0.25) is 0 Å². The summed E-state index contributed by atoms with van der Waals surface area (Å²) >= 11 is 0. The summed E-state index contributed by atoms with van der Waals surface area (Å²) < 4.78 is 7.57. The van der Waals surface area contributed by atoms with Crippen LogP contribution in [0.3, 0.4) is 0 Å². The molecule has 0 spiro atoms. The molecule has 1 aromatic heterocycles. The highest BCUT2D eigenvalue weighted by molar-refractivity contribution is 14.0. The Hall–Kier alpha value is -1.65. The fourth-order valence-electron chi connectivity index (χ4n) is 3.81. The molecule has 1 saturated heterocycles. The number of aromatic nitrogens is 2. The number of hydrogen-bond acceptors (Lipinski definition) is 4. The molecule has 0 radical (unpaired) electrons. The molecule has 8 heteroatoms. The first-order valence-electron chi connectivity index (χ1n) is 10.4. The van der Waals surface area contributed by atoms with E-state index in [1.54, 1.807) is 0 Å². The van der Waals surface area contributed by atoms with Crippen LogP contribution in [-0.2, 0) is 11.3 Å². The standard InChI is InChI=1S/C22H33N5O2.HI/c1-4-23-21(25-15-22(9-11-28)10-12-29-16-22)24-14-19-7-5-6-8-20(19)27-18(3)13-17(2)26-27;/h5-8,13,28H,4,9-12,14-16H2,1-3H3,(H2,23,24,25);1H. The van der Waals surface area contributed by atoms with Gasteiger partial charge in [0.2, 0.25) is 0 Å². The first kappa shape index (κ1) is 24.6. The van der Waals surface area contributed by atoms with Gasteiger partial charge in [-0.2, -0.15) is 5.10 Å². The molecular weight excluding hydrogens is 493 g/mol. The minimum atomic E-state index is -0.0213. The van der Waals surface area contributed by atoms with Gasteiger partial charge in [0.25, 0.3) is 0 Å². The van der Waals surface area contributed by atoms with E-state index in [-0.39, 0.29) is 36.0 Å². The lowest BCUT2D eigenvalue weighted by atomic mass is 9.84. The van der Waals surface area contributed by atoms with Crippen molar-refractivity contribution >= 4 is 29.9 Å². The summed E-state index contributed by atoms with van der Waals surface area (Å²) in [7, 11) is 0. The molecule has 1 aliphatic rings. The molecule has 30 heavy (non-hydrogen) atoms. The number of aliphatic hydroxyl groups is 1. The van der Waals surface area contributed by atoms with Crippen LogP contribution in [0.1, 0.15) is 36.7 Å². The number of guanidine groups is 1. The number of rotatable bonds is 8. The Kier molecular flexibility index (Phi) is 9.57. The van der Waals surface area contributed by atoms with Crippen LogP contribution in [0.25, 0.3) is 5.69 Å². The van der Waals surface area contributed by atoms with E-state index >= 15 is 0 Å². The van der Waals surface area contributed by atoms with Gasteiger partial charge in [-0.05, 0) is 51.3 Å². The molecule has 7 nitrogen and oxygen atoms in total. The summed E-state index contributed by atoms with van der Waals surface area (Å²) in [6.45, 7) is 9.81. The molecule has 1 aliphatic heterocycles. The summed E-state index contributed by atoms with van der Waals surface area (Å²) in [5.41, 5.74) is 4.26. The maximum absolute atomic E-state index is 9.44. The second kappa shape index (κ2) is 11.7. The van der Waals surface area contributed by atoms with Crippen molar-refractivity contribution < 1.29 is 9.84 Å². The number of benzene rings is 1. The first-order valence-corrected chi connectivity index (χ1v) is 10.4. The van der Waals surface area contributed by atoms with Crippen molar-refractivity contribution in [3.8, 4) is 5.69 Å². The van der Waals surface area contributed by atoms with Crippen molar-refractivity contribution in [1.29, 1.82) is 0 Å². The highest BCUT2D eigenvalue weighted by Gasteiger charge is 2.34. The van der Waals surface area contributed by atoms with Crippen molar-refractivity contribution in [3.63, 3.8) is 0 Å². The number of hydrogen-bond donors (Lipinski definition) is 3. The van der Waals surface area contributed by atoms with Gasteiger partial charge in [-0.25, -0.2) is 9.67 Å². The number of aliphatic imine (C=N–C) groups is 1. The molecule has 0 saturated carbocycles. The Labute approximate surface area is 196 Å². The van der Waals surface area contributed by atoms with Crippen LogP contribution >= 0.6 is 24.0 Å². The van der Waals surface area contributed by atoms with Gasteiger partial charge in [-0.1, -0.05) is 18.2 Å². The molecular formula is C22H34IN5O2. The lowest BCUT2D eigenvalue weighted by molar-refractivity contribution is 0.127. The van der Waals surface area contributed by atoms with Crippen molar-refractivity contribution in [3.05, 3.63) is 47.3 Å². The Morgan fingerprint density at radius 2 is 2.10 bits per heavy atom. The average Bonchev–Trinajstić information content (AvgIpc) is 3.31. The Balaban J connectivity index is 0.00000320. The SMILES string of the molecule is CCNC(=NCc1ccccc1-n1nc(C)cc1C)NCC1(CCO)CCOC1.I. The largest absolute Gasteiger partial charge is 0.396 e. The number of ether oxygens (including phenoxy) is 1. The lowest BCUT2D eigenvalue weighted by Crippen LogP contribution is -2.44. The number of aryl methyl sites for hydroxylation is 2. The number of nitrogens with one attached hydrogen (secondary N) is 2. The van der Waals surface area contributed by atoms with Crippen LogP contribution in [0.5, 0.6) is 0 Å². The maximum atomic E-state index is 9.44. The van der Waals surface area contributed by atoms with E-state index in [1.165, 1.54) is 0 Å². The van der Waals surface area contributed by atoms with Gasteiger partial charge in [0, 0.05) is 37.4 Å². The van der Waals surface area contributed by atoms with Crippen molar-refractivity contribution in [2.24, 2.45) is 10.4 Å². The molecule has 2 heterocycles. The van der Waals surface area contributed by atoms with Gasteiger partial charge >= 0.3 is 0 Å². The van der Waals surface area contributed by atoms with E-state index in [1.807, 2.05) is 23.7 Å². The average molecular weight is 527 g/mol. The summed E-state index contributed by atoms with van der Waals surface area (Å²) in [6.07, 6.45) is 1.70. The molecule has 166 valence electrons. The second-order valence-corrected chi connectivity index (χ2v) is 7.79. The summed E-state index contributed by atoms with van der Waals surface area (Å²) in [5.74, 6) is 0.778. The van der Waals surface area contributed by atoms with Crippen LogP contribution in [0.4, 0.5) is 0 Å². The van der Waals surface area contributed by atoms with Crippen LogP contribution in [0.2, 0.25) is 0 Å². The fraction of sp³-hybridized carbons (Fsp3) is 0.545. The minimum absolute atomic E-state index is 0. The molecule has 0 amide bonds. The highest BCUT2D eigenvalue weighted by atomic mass is 127. The van der Waals surface area contributed by atoms with E-state index in [4.69, 9.17) is 9.73 Å². The molecule has 1 fully saturated rings. The number of para-hydroxylation sites is 1. The first-order chi connectivity index (χ1) is 14.1. The maximum Gasteiger partial charge on any atom is 0.191 e. The normalized spacial score (nSPS) is 18.9. The Morgan fingerprint density at radius 1 is 1.30 bits per heavy atom. The molecule has 2 aromatic rings. The molecule has 3 rings (SSSR count). The van der Waals surface area contributed by atoms with E-state index in [0.717, 1.165) is 61.1 Å². The molecule has 1 unspecified atom stereocenters. The van der Waals surface area contributed by atoms with Crippen molar-refractivity contribution in [2.75, 3.05) is 32.9 Å². The number of nitrogens with zero attached hydrogens (tertiary/aromatic N) is 3. The predicted molar refractivity (Wildman–Crippen MR) is 131 cm³/mol. The van der Waals surface area contributed by atoms with Crippen LogP contribution in [-0.4, -0.2) is 53.8 Å². The third-order valence-electron chi connectivity index (χ3n) is 5.44. The van der Waals surface area contributed by atoms with Gasteiger partial charge in [-0.15, -0.1) is 24.0 Å². The van der Waals surface area contributed by atoms with E-state index in [2.05, 4.69) is 47.8 Å². The lowest BCUT2D eigenvalue weighted by Gasteiger charge is -2.27. The summed E-state index contributed by atoms with van der Waals surface area (Å²) in [4.78, 5) is 4.81. The number of halogens is 1. The van der Waals surface area contributed by atoms with Gasteiger partial charge in [0.05, 0.1) is 24.5 Å². The molecule has 0 bridgehead atoms. The smallest absolute Gasteiger partial charge is 0.191 e.